The smallest absolute Gasteiger partial charge is 0.383 e. The van der Waals surface area contributed by atoms with E-state index in [9.17, 15) is 18.0 Å². The number of nitrogens with zero attached hydrogens (tertiary/aromatic N) is 3. The summed E-state index contributed by atoms with van der Waals surface area (Å²) in [6, 6.07) is 1.12. The van der Waals surface area contributed by atoms with Gasteiger partial charge in [0, 0.05) is 25.3 Å². The van der Waals surface area contributed by atoms with Gasteiger partial charge in [-0.1, -0.05) is 0 Å². The molecular weight excluding hydrogens is 337 g/mol. The lowest BCUT2D eigenvalue weighted by Crippen LogP contribution is -2.30. The first kappa shape index (κ1) is 17.7. The maximum absolute atomic E-state index is 13.5. The van der Waals surface area contributed by atoms with Crippen LogP contribution in [0.15, 0.2) is 6.07 Å². The molecule has 2 aromatic heterocycles. The molecule has 1 aliphatic rings. The monoisotopic (exact) mass is 356 g/mol. The van der Waals surface area contributed by atoms with Crippen LogP contribution in [0.25, 0.3) is 11.0 Å². The molecule has 1 amide bonds. The van der Waals surface area contributed by atoms with Gasteiger partial charge in [-0.15, -0.1) is 0 Å². The zero-order valence-corrected chi connectivity index (χ0v) is 14.0. The molecule has 0 unspecified atom stereocenters. The summed E-state index contributed by atoms with van der Waals surface area (Å²) in [4.78, 5) is 16.4. The van der Waals surface area contributed by atoms with E-state index in [1.807, 2.05) is 0 Å². The standard InChI is InChI=1S/C16H19F3N4O2/c1-9-14-11(16(17,18)19)7-12(10-3-4-10)21-15(14)23(22-9)8-13(24)20-5-6-25-2/h7,10H,3-6,8H2,1-2H3,(H,20,24). The van der Waals surface area contributed by atoms with Crippen LogP contribution in [0.3, 0.4) is 0 Å². The topological polar surface area (TPSA) is 69.0 Å². The van der Waals surface area contributed by atoms with Gasteiger partial charge < -0.3 is 10.1 Å². The van der Waals surface area contributed by atoms with Gasteiger partial charge in [0.2, 0.25) is 5.91 Å². The van der Waals surface area contributed by atoms with Gasteiger partial charge in [-0.25, -0.2) is 9.67 Å². The molecule has 0 atom stereocenters. The van der Waals surface area contributed by atoms with Crippen molar-refractivity contribution in [2.45, 2.75) is 38.4 Å². The van der Waals surface area contributed by atoms with Crippen LogP contribution >= 0.6 is 0 Å². The Hall–Kier alpha value is -2.16. The van der Waals surface area contributed by atoms with Gasteiger partial charge in [-0.2, -0.15) is 18.3 Å². The molecule has 0 bridgehead atoms. The summed E-state index contributed by atoms with van der Waals surface area (Å²) in [7, 11) is 1.51. The highest BCUT2D eigenvalue weighted by Gasteiger charge is 2.37. The Balaban J connectivity index is 1.99. The minimum atomic E-state index is -4.50. The van der Waals surface area contributed by atoms with Crippen molar-refractivity contribution in [3.05, 3.63) is 23.0 Å². The number of methoxy groups -OCH3 is 1. The predicted molar refractivity (Wildman–Crippen MR) is 84.1 cm³/mol. The van der Waals surface area contributed by atoms with E-state index in [1.54, 1.807) is 0 Å². The molecule has 1 N–H and O–H groups in total. The van der Waals surface area contributed by atoms with Crippen molar-refractivity contribution in [1.29, 1.82) is 0 Å². The van der Waals surface area contributed by atoms with Crippen LogP contribution in [0.1, 0.15) is 35.7 Å². The summed E-state index contributed by atoms with van der Waals surface area (Å²) in [5.41, 5.74) is 0.00156. The molecule has 2 aromatic rings. The predicted octanol–water partition coefficient (Wildman–Crippen LogP) is 2.40. The number of pyridine rings is 1. The number of amides is 1. The van der Waals surface area contributed by atoms with Crippen molar-refractivity contribution in [1.82, 2.24) is 20.1 Å². The van der Waals surface area contributed by atoms with Gasteiger partial charge in [0.05, 0.1) is 23.3 Å². The highest BCUT2D eigenvalue weighted by molar-refractivity contribution is 5.85. The molecule has 0 spiro atoms. The third kappa shape index (κ3) is 3.76. The number of halogens is 3. The second-order valence-electron chi connectivity index (χ2n) is 6.15. The SMILES string of the molecule is COCCNC(=O)Cn1nc(C)c2c(C(F)(F)F)cc(C3CC3)nc21. The fourth-order valence-corrected chi connectivity index (χ4v) is 2.78. The number of hydrogen-bond donors (Lipinski definition) is 1. The lowest BCUT2D eigenvalue weighted by molar-refractivity contribution is -0.136. The summed E-state index contributed by atoms with van der Waals surface area (Å²) in [6.45, 7) is 1.98. The number of fused-ring (bicyclic) bond motifs is 1. The normalized spacial score (nSPS) is 14.9. The molecule has 25 heavy (non-hydrogen) atoms. The first-order valence-electron chi connectivity index (χ1n) is 8.02. The van der Waals surface area contributed by atoms with Crippen molar-refractivity contribution in [3.8, 4) is 0 Å². The second-order valence-corrected chi connectivity index (χ2v) is 6.15. The molecule has 0 aliphatic heterocycles. The molecule has 6 nitrogen and oxygen atoms in total. The van der Waals surface area contributed by atoms with Crippen LogP contribution in [0.2, 0.25) is 0 Å². The molecule has 136 valence electrons. The van der Waals surface area contributed by atoms with Crippen molar-refractivity contribution in [2.75, 3.05) is 20.3 Å². The van der Waals surface area contributed by atoms with E-state index in [2.05, 4.69) is 15.4 Å². The van der Waals surface area contributed by atoms with Gasteiger partial charge in [0.1, 0.15) is 6.54 Å². The van der Waals surface area contributed by atoms with E-state index in [1.165, 1.54) is 18.7 Å². The summed E-state index contributed by atoms with van der Waals surface area (Å²) in [5, 5.41) is 6.70. The molecule has 0 radical (unpaired) electrons. The van der Waals surface area contributed by atoms with E-state index in [4.69, 9.17) is 4.74 Å². The lowest BCUT2D eigenvalue weighted by atomic mass is 10.1. The Bertz CT molecular complexity index is 797. The van der Waals surface area contributed by atoms with Crippen LogP contribution in [0.5, 0.6) is 0 Å². The zero-order chi connectivity index (χ0) is 18.2. The average molecular weight is 356 g/mol. The molecule has 1 fully saturated rings. The Morgan fingerprint density at radius 1 is 1.44 bits per heavy atom. The van der Waals surface area contributed by atoms with Gasteiger partial charge in [0.15, 0.2) is 5.65 Å². The van der Waals surface area contributed by atoms with Crippen LogP contribution in [0, 0.1) is 6.92 Å². The van der Waals surface area contributed by atoms with Crippen LogP contribution in [-0.4, -0.2) is 40.9 Å². The minimum Gasteiger partial charge on any atom is -0.383 e. The van der Waals surface area contributed by atoms with E-state index in [0.29, 0.717) is 18.8 Å². The summed E-state index contributed by atoms with van der Waals surface area (Å²) in [6.07, 6.45) is -2.83. The Morgan fingerprint density at radius 2 is 2.16 bits per heavy atom. The van der Waals surface area contributed by atoms with E-state index in [-0.39, 0.29) is 35.1 Å². The van der Waals surface area contributed by atoms with Crippen LogP contribution in [0.4, 0.5) is 13.2 Å². The lowest BCUT2D eigenvalue weighted by Gasteiger charge is -2.11. The van der Waals surface area contributed by atoms with Crippen LogP contribution < -0.4 is 5.32 Å². The molecular formula is C16H19F3N4O2. The molecule has 1 aliphatic carbocycles. The maximum atomic E-state index is 13.5. The molecule has 0 saturated heterocycles. The Morgan fingerprint density at radius 3 is 2.76 bits per heavy atom. The fraction of sp³-hybridized carbons (Fsp3) is 0.562. The number of alkyl halides is 3. The van der Waals surface area contributed by atoms with E-state index < -0.39 is 11.7 Å². The Labute approximate surface area is 142 Å². The summed E-state index contributed by atoms with van der Waals surface area (Å²) >= 11 is 0. The average Bonchev–Trinajstić information content (AvgIpc) is 3.33. The minimum absolute atomic E-state index is 0.0402. The van der Waals surface area contributed by atoms with E-state index in [0.717, 1.165) is 18.9 Å². The van der Waals surface area contributed by atoms with Crippen molar-refractivity contribution < 1.29 is 22.7 Å². The second kappa shape index (κ2) is 6.62. The molecule has 2 heterocycles. The molecule has 0 aromatic carbocycles. The maximum Gasteiger partial charge on any atom is 0.417 e. The number of ether oxygens (including phenoxy) is 1. The molecule has 1 saturated carbocycles. The number of aromatic nitrogens is 3. The highest BCUT2D eigenvalue weighted by atomic mass is 19.4. The molecule has 3 rings (SSSR count). The summed E-state index contributed by atoms with van der Waals surface area (Å²) in [5.74, 6) is -0.293. The first-order valence-corrected chi connectivity index (χ1v) is 8.02. The third-order valence-corrected chi connectivity index (χ3v) is 4.12. The van der Waals surface area contributed by atoms with Gasteiger partial charge in [0.25, 0.3) is 0 Å². The number of carbonyl (C=O) groups is 1. The number of hydrogen-bond acceptors (Lipinski definition) is 4. The van der Waals surface area contributed by atoms with Crippen LogP contribution in [-0.2, 0) is 22.3 Å². The Kier molecular flexibility index (Phi) is 4.68. The number of nitrogens with one attached hydrogen (secondary N) is 1. The molecule has 9 heteroatoms. The van der Waals surface area contributed by atoms with Gasteiger partial charge in [-0.05, 0) is 25.8 Å². The number of aryl methyl sites for hydroxylation is 1. The first-order chi connectivity index (χ1) is 11.8. The third-order valence-electron chi connectivity index (χ3n) is 4.12. The number of rotatable bonds is 6. The largest absolute Gasteiger partial charge is 0.417 e. The quantitative estimate of drug-likeness (QED) is 0.807. The van der Waals surface area contributed by atoms with Gasteiger partial charge >= 0.3 is 6.18 Å². The highest BCUT2D eigenvalue weighted by Crippen LogP contribution is 2.43. The zero-order valence-electron chi connectivity index (χ0n) is 14.0. The van der Waals surface area contributed by atoms with E-state index >= 15 is 0 Å². The summed E-state index contributed by atoms with van der Waals surface area (Å²) < 4.78 is 46.5. The fourth-order valence-electron chi connectivity index (χ4n) is 2.78. The van der Waals surface area contributed by atoms with Crippen molar-refractivity contribution >= 4 is 16.9 Å². The van der Waals surface area contributed by atoms with Crippen molar-refractivity contribution in [3.63, 3.8) is 0 Å². The van der Waals surface area contributed by atoms with Crippen molar-refractivity contribution in [2.24, 2.45) is 0 Å². The van der Waals surface area contributed by atoms with Gasteiger partial charge in [-0.3, -0.25) is 4.79 Å². The number of carbonyl (C=O) groups excluding carboxylic acids is 1.